The van der Waals surface area contributed by atoms with E-state index in [0.717, 1.165) is 4.90 Å². The average molecular weight is 495 g/mol. The van der Waals surface area contributed by atoms with Crippen LogP contribution in [-0.2, 0) is 19.7 Å². The number of carbonyl (C=O) groups excluding carboxylic acids is 3. The molecule has 10 heteroatoms. The van der Waals surface area contributed by atoms with Gasteiger partial charge in [-0.15, -0.1) is 0 Å². The zero-order chi connectivity index (χ0) is 24.1. The second-order valence-electron chi connectivity index (χ2n) is 7.07. The van der Waals surface area contributed by atoms with Crippen LogP contribution in [0.4, 0.5) is 10.5 Å². The third-order valence-corrected chi connectivity index (χ3v) is 6.83. The van der Waals surface area contributed by atoms with Crippen molar-refractivity contribution in [2.75, 3.05) is 11.9 Å². The molecule has 34 heavy (non-hydrogen) atoms. The minimum absolute atomic E-state index is 0.0000253. The van der Waals surface area contributed by atoms with Crippen LogP contribution in [0.5, 0.6) is 5.75 Å². The Morgan fingerprint density at radius 2 is 1.53 bits per heavy atom. The zero-order valence-electron chi connectivity index (χ0n) is 17.6. The maximum absolute atomic E-state index is 12.8. The summed E-state index contributed by atoms with van der Waals surface area (Å²) in [5.41, 5.74) is 0.835. The van der Waals surface area contributed by atoms with Crippen molar-refractivity contribution in [2.24, 2.45) is 0 Å². The van der Waals surface area contributed by atoms with Crippen LogP contribution in [0.1, 0.15) is 5.56 Å². The summed E-state index contributed by atoms with van der Waals surface area (Å²) in [6.07, 6.45) is 1.37. The first-order chi connectivity index (χ1) is 16.3. The zero-order valence-corrected chi connectivity index (χ0v) is 19.2. The molecular formula is C24H18N2O6S2. The molecule has 1 saturated heterocycles. The number of hydrogen-bond acceptors (Lipinski definition) is 7. The molecule has 0 aliphatic carbocycles. The van der Waals surface area contributed by atoms with Crippen LogP contribution in [-0.4, -0.2) is 36.9 Å². The van der Waals surface area contributed by atoms with Crippen molar-refractivity contribution in [1.82, 2.24) is 4.90 Å². The van der Waals surface area contributed by atoms with Gasteiger partial charge in [0.25, 0.3) is 11.1 Å². The number of nitrogens with one attached hydrogen (secondary N) is 1. The van der Waals surface area contributed by atoms with Crippen LogP contribution in [0.25, 0.3) is 6.08 Å². The van der Waals surface area contributed by atoms with Gasteiger partial charge in [0.05, 0.1) is 4.91 Å². The van der Waals surface area contributed by atoms with Crippen molar-refractivity contribution < 1.29 is 27.0 Å². The van der Waals surface area contributed by atoms with E-state index < -0.39 is 33.7 Å². The molecule has 1 heterocycles. The second kappa shape index (κ2) is 9.94. The lowest BCUT2D eigenvalue weighted by atomic mass is 10.2. The summed E-state index contributed by atoms with van der Waals surface area (Å²) >= 11 is 0.662. The lowest BCUT2D eigenvalue weighted by Crippen LogP contribution is -2.36. The second-order valence-corrected chi connectivity index (χ2v) is 9.61. The molecule has 172 valence electrons. The molecular weight excluding hydrogens is 476 g/mol. The summed E-state index contributed by atoms with van der Waals surface area (Å²) < 4.78 is 30.5. The average Bonchev–Trinajstić information content (AvgIpc) is 3.08. The Kier molecular flexibility index (Phi) is 6.80. The molecule has 0 spiro atoms. The Morgan fingerprint density at radius 1 is 0.912 bits per heavy atom. The highest BCUT2D eigenvalue weighted by atomic mass is 32.2. The lowest BCUT2D eigenvalue weighted by molar-refractivity contribution is -0.127. The first kappa shape index (κ1) is 23.3. The van der Waals surface area contributed by atoms with Gasteiger partial charge in [0.2, 0.25) is 5.91 Å². The molecule has 1 aliphatic heterocycles. The monoisotopic (exact) mass is 494 g/mol. The Bertz CT molecular complexity index is 1370. The van der Waals surface area contributed by atoms with E-state index in [1.807, 2.05) is 0 Å². The molecule has 4 rings (SSSR count). The number of amides is 3. The van der Waals surface area contributed by atoms with Gasteiger partial charge in [0, 0.05) is 11.3 Å². The topological polar surface area (TPSA) is 110 Å². The summed E-state index contributed by atoms with van der Waals surface area (Å²) in [7, 11) is -4.10. The summed E-state index contributed by atoms with van der Waals surface area (Å²) in [6.45, 7) is -0.447. The van der Waals surface area contributed by atoms with Gasteiger partial charge in [-0.25, -0.2) is 0 Å². The molecule has 0 bridgehead atoms. The van der Waals surface area contributed by atoms with Gasteiger partial charge in [-0.1, -0.05) is 54.6 Å². The molecule has 3 amide bonds. The molecule has 0 atom stereocenters. The van der Waals surface area contributed by atoms with Crippen LogP contribution in [0, 0.1) is 0 Å². The highest BCUT2D eigenvalue weighted by molar-refractivity contribution is 8.18. The molecule has 3 aromatic carbocycles. The van der Waals surface area contributed by atoms with Gasteiger partial charge in [0.1, 0.15) is 17.2 Å². The van der Waals surface area contributed by atoms with Crippen molar-refractivity contribution >= 4 is 50.7 Å². The Balaban J connectivity index is 1.52. The predicted molar refractivity (Wildman–Crippen MR) is 128 cm³/mol. The molecule has 3 aromatic rings. The smallest absolute Gasteiger partial charge is 0.339 e. The number of anilines is 1. The molecule has 0 unspecified atom stereocenters. The van der Waals surface area contributed by atoms with Crippen LogP contribution >= 0.6 is 11.8 Å². The normalized spacial score (nSPS) is 14.9. The van der Waals surface area contributed by atoms with E-state index in [1.54, 1.807) is 66.7 Å². The van der Waals surface area contributed by atoms with E-state index in [-0.39, 0.29) is 15.6 Å². The molecule has 1 aliphatic rings. The van der Waals surface area contributed by atoms with E-state index in [9.17, 15) is 22.8 Å². The lowest BCUT2D eigenvalue weighted by Gasteiger charge is -2.12. The number of rotatable bonds is 7. The predicted octanol–water partition coefficient (Wildman–Crippen LogP) is 4.13. The fraction of sp³-hybridized carbons (Fsp3) is 0.0417. The van der Waals surface area contributed by atoms with Gasteiger partial charge in [-0.05, 0) is 48.2 Å². The number of imide groups is 1. The highest BCUT2D eigenvalue weighted by Crippen LogP contribution is 2.34. The van der Waals surface area contributed by atoms with Crippen molar-refractivity contribution in [3.63, 3.8) is 0 Å². The number of nitrogens with zero attached hydrogens (tertiary/aromatic N) is 1. The van der Waals surface area contributed by atoms with Gasteiger partial charge < -0.3 is 9.50 Å². The fourth-order valence-corrected chi connectivity index (χ4v) is 4.88. The van der Waals surface area contributed by atoms with E-state index in [4.69, 9.17) is 4.18 Å². The minimum Gasteiger partial charge on any atom is -0.378 e. The molecule has 0 aromatic heterocycles. The Hall–Kier alpha value is -3.89. The van der Waals surface area contributed by atoms with Crippen molar-refractivity contribution in [3.8, 4) is 5.75 Å². The number of carbonyl (C=O) groups is 3. The minimum atomic E-state index is -4.10. The maximum atomic E-state index is 12.8. The SMILES string of the molecule is O=C(CN1C(=O)S/C(=C\c2ccccc2OS(=O)(=O)c2ccccc2)C1=O)Nc1ccccc1. The van der Waals surface area contributed by atoms with Crippen LogP contribution in [0.3, 0.4) is 0 Å². The molecule has 0 radical (unpaired) electrons. The number of hydrogen-bond donors (Lipinski definition) is 1. The summed E-state index contributed by atoms with van der Waals surface area (Å²) in [5.74, 6) is -1.17. The molecule has 1 fully saturated rings. The summed E-state index contributed by atoms with van der Waals surface area (Å²) in [6, 6.07) is 22.6. The van der Waals surface area contributed by atoms with E-state index in [0.29, 0.717) is 23.0 Å². The van der Waals surface area contributed by atoms with Gasteiger partial charge in [0.15, 0.2) is 0 Å². The van der Waals surface area contributed by atoms with Crippen molar-refractivity contribution in [2.45, 2.75) is 4.90 Å². The maximum Gasteiger partial charge on any atom is 0.339 e. The van der Waals surface area contributed by atoms with Gasteiger partial charge in [-0.2, -0.15) is 8.42 Å². The molecule has 8 nitrogen and oxygen atoms in total. The number of thioether (sulfide) groups is 1. The largest absolute Gasteiger partial charge is 0.378 e. The van der Waals surface area contributed by atoms with Crippen LogP contribution < -0.4 is 9.50 Å². The first-order valence-corrected chi connectivity index (χ1v) is 12.2. The summed E-state index contributed by atoms with van der Waals surface area (Å²) in [4.78, 5) is 38.4. The Morgan fingerprint density at radius 3 is 2.24 bits per heavy atom. The van der Waals surface area contributed by atoms with E-state index in [2.05, 4.69) is 5.32 Å². The van der Waals surface area contributed by atoms with Crippen LogP contribution in [0.15, 0.2) is 94.7 Å². The number of para-hydroxylation sites is 2. The third kappa shape index (κ3) is 5.36. The fourth-order valence-electron chi connectivity index (χ4n) is 3.07. The van der Waals surface area contributed by atoms with Gasteiger partial charge in [-0.3, -0.25) is 19.3 Å². The van der Waals surface area contributed by atoms with Crippen molar-refractivity contribution in [1.29, 1.82) is 0 Å². The van der Waals surface area contributed by atoms with Gasteiger partial charge >= 0.3 is 10.1 Å². The van der Waals surface area contributed by atoms with E-state index in [1.165, 1.54) is 24.3 Å². The molecule has 0 saturated carbocycles. The van der Waals surface area contributed by atoms with E-state index >= 15 is 0 Å². The van der Waals surface area contributed by atoms with Crippen LogP contribution in [0.2, 0.25) is 0 Å². The van der Waals surface area contributed by atoms with Crippen molar-refractivity contribution in [3.05, 3.63) is 95.4 Å². The molecule has 1 N–H and O–H groups in total. The quantitative estimate of drug-likeness (QED) is 0.388. The first-order valence-electron chi connectivity index (χ1n) is 10.0. The third-order valence-electron chi connectivity index (χ3n) is 4.67. The standard InChI is InChI=1S/C24H18N2O6S2/c27-22(25-18-10-3-1-4-11-18)16-26-23(28)21(33-24(26)29)15-17-9-7-8-14-20(17)32-34(30,31)19-12-5-2-6-13-19/h1-15H,16H2,(H,25,27)/b21-15-. The number of benzene rings is 3. The summed E-state index contributed by atoms with van der Waals surface area (Å²) in [5, 5.41) is 2.02. The Labute approximate surface area is 200 Å². The highest BCUT2D eigenvalue weighted by Gasteiger charge is 2.36.